The van der Waals surface area contributed by atoms with E-state index in [0.29, 0.717) is 13.0 Å². The van der Waals surface area contributed by atoms with Crippen LogP contribution in [-0.2, 0) is 19.1 Å². The predicted octanol–water partition coefficient (Wildman–Crippen LogP) is 1.89. The maximum Gasteiger partial charge on any atom is 0.407 e. The minimum Gasteiger partial charge on any atom is -0.472 e. The van der Waals surface area contributed by atoms with Gasteiger partial charge in [0, 0.05) is 18.4 Å². The highest BCUT2D eigenvalue weighted by Crippen LogP contribution is 2.44. The fourth-order valence-corrected chi connectivity index (χ4v) is 4.14. The number of carboxylic acid groups (broad SMARTS) is 1. The molecule has 8 nitrogen and oxygen atoms in total. The van der Waals surface area contributed by atoms with E-state index in [0.717, 1.165) is 22.3 Å². The molecule has 1 aliphatic carbocycles. The monoisotopic (exact) mass is 434 g/mol. The molecule has 0 spiro atoms. The summed E-state index contributed by atoms with van der Waals surface area (Å²) in [6.45, 7) is 0.366. The van der Waals surface area contributed by atoms with Gasteiger partial charge in [-0.15, -0.1) is 0 Å². The van der Waals surface area contributed by atoms with Gasteiger partial charge in [-0.2, -0.15) is 0 Å². The summed E-state index contributed by atoms with van der Waals surface area (Å²) >= 11 is 0. The summed E-state index contributed by atoms with van der Waals surface area (Å²) in [5.41, 5.74) is 4.52. The second-order valence-corrected chi connectivity index (χ2v) is 7.48. The van der Waals surface area contributed by atoms with Crippen LogP contribution in [0.4, 0.5) is 4.79 Å². The summed E-state index contributed by atoms with van der Waals surface area (Å²) in [5.74, 6) is 2.43. The number of benzene rings is 2. The molecule has 0 radical (unpaired) electrons. The second kappa shape index (κ2) is 9.54. The number of carbonyl (C=O) groups is 3. The van der Waals surface area contributed by atoms with Crippen LogP contribution in [-0.4, -0.2) is 55.0 Å². The zero-order valence-corrected chi connectivity index (χ0v) is 17.2. The number of hydrogen-bond acceptors (Lipinski definition) is 5. The summed E-state index contributed by atoms with van der Waals surface area (Å²) in [7, 11) is 0. The van der Waals surface area contributed by atoms with Gasteiger partial charge >= 0.3 is 12.1 Å². The van der Waals surface area contributed by atoms with Crippen LogP contribution in [0, 0.1) is 11.8 Å². The number of carbonyl (C=O) groups excluding carboxylic acids is 2. The van der Waals surface area contributed by atoms with E-state index in [1.807, 2.05) is 42.3 Å². The van der Waals surface area contributed by atoms with Crippen molar-refractivity contribution >= 4 is 18.0 Å². The molecule has 2 aromatic carbocycles. The van der Waals surface area contributed by atoms with Gasteiger partial charge in [0.05, 0.1) is 12.6 Å². The SMILES string of the molecule is O=C(O)C#CCNC(=O)C1OCCC1NC(=O)OCC1c2ccccc2-c2ccccc21. The van der Waals surface area contributed by atoms with E-state index in [1.165, 1.54) is 0 Å². The van der Waals surface area contributed by atoms with E-state index in [-0.39, 0.29) is 19.1 Å². The van der Waals surface area contributed by atoms with Crippen molar-refractivity contribution in [1.82, 2.24) is 10.6 Å². The first-order valence-corrected chi connectivity index (χ1v) is 10.3. The van der Waals surface area contributed by atoms with Gasteiger partial charge in [0.15, 0.2) is 6.10 Å². The topological polar surface area (TPSA) is 114 Å². The zero-order valence-electron chi connectivity index (χ0n) is 17.2. The smallest absolute Gasteiger partial charge is 0.407 e. The number of ether oxygens (including phenoxy) is 2. The summed E-state index contributed by atoms with van der Waals surface area (Å²) in [6, 6.07) is 15.6. The van der Waals surface area contributed by atoms with Crippen molar-refractivity contribution in [3.8, 4) is 23.0 Å². The molecule has 0 aromatic heterocycles. The summed E-state index contributed by atoms with van der Waals surface area (Å²) in [4.78, 5) is 35.1. The lowest BCUT2D eigenvalue weighted by Crippen LogP contribution is -2.48. The number of carboxylic acids is 1. The first-order chi connectivity index (χ1) is 15.5. The molecule has 2 aliphatic rings. The van der Waals surface area contributed by atoms with Crippen molar-refractivity contribution in [3.05, 3.63) is 59.7 Å². The zero-order chi connectivity index (χ0) is 22.5. The van der Waals surface area contributed by atoms with Crippen molar-refractivity contribution in [1.29, 1.82) is 0 Å². The Morgan fingerprint density at radius 3 is 2.38 bits per heavy atom. The molecule has 1 saturated heterocycles. The molecule has 0 bridgehead atoms. The maximum atomic E-state index is 12.5. The van der Waals surface area contributed by atoms with E-state index in [9.17, 15) is 14.4 Å². The quantitative estimate of drug-likeness (QED) is 0.620. The summed E-state index contributed by atoms with van der Waals surface area (Å²) in [6.07, 6.45) is -1.05. The number of amides is 2. The lowest BCUT2D eigenvalue weighted by Gasteiger charge is -2.20. The van der Waals surface area contributed by atoms with Crippen LogP contribution in [0.1, 0.15) is 23.5 Å². The van der Waals surface area contributed by atoms with E-state index >= 15 is 0 Å². The van der Waals surface area contributed by atoms with Gasteiger partial charge in [0.1, 0.15) is 6.61 Å². The molecule has 2 aromatic rings. The average molecular weight is 434 g/mol. The molecule has 8 heteroatoms. The lowest BCUT2D eigenvalue weighted by atomic mass is 9.98. The van der Waals surface area contributed by atoms with Gasteiger partial charge in [-0.3, -0.25) is 4.79 Å². The summed E-state index contributed by atoms with van der Waals surface area (Å²) < 4.78 is 11.0. The molecule has 1 aliphatic heterocycles. The molecule has 164 valence electrons. The van der Waals surface area contributed by atoms with Crippen molar-refractivity contribution in [3.63, 3.8) is 0 Å². The highest BCUT2D eigenvalue weighted by Gasteiger charge is 2.36. The van der Waals surface area contributed by atoms with E-state index in [1.54, 1.807) is 0 Å². The Balaban J connectivity index is 1.34. The third-order valence-corrected chi connectivity index (χ3v) is 5.54. The fraction of sp³-hybridized carbons (Fsp3) is 0.292. The fourth-order valence-electron chi connectivity index (χ4n) is 4.14. The van der Waals surface area contributed by atoms with Gasteiger partial charge in [-0.05, 0) is 28.7 Å². The third kappa shape index (κ3) is 4.58. The van der Waals surface area contributed by atoms with Crippen LogP contribution in [0.25, 0.3) is 11.1 Å². The maximum absolute atomic E-state index is 12.5. The molecule has 2 unspecified atom stereocenters. The minimum absolute atomic E-state index is 0.0557. The largest absolute Gasteiger partial charge is 0.472 e. The van der Waals surface area contributed by atoms with Gasteiger partial charge < -0.3 is 25.2 Å². The Bertz CT molecular complexity index is 1060. The molecule has 32 heavy (non-hydrogen) atoms. The Labute approximate surface area is 184 Å². The highest BCUT2D eigenvalue weighted by molar-refractivity contribution is 5.87. The van der Waals surface area contributed by atoms with Gasteiger partial charge in [0.2, 0.25) is 0 Å². The van der Waals surface area contributed by atoms with Crippen molar-refractivity contribution in [2.75, 3.05) is 19.8 Å². The third-order valence-electron chi connectivity index (χ3n) is 5.54. The van der Waals surface area contributed by atoms with E-state index in [2.05, 4.69) is 28.7 Å². The van der Waals surface area contributed by atoms with Crippen molar-refractivity contribution < 1.29 is 29.0 Å². The molecule has 0 saturated carbocycles. The van der Waals surface area contributed by atoms with Crippen LogP contribution in [0.5, 0.6) is 0 Å². The minimum atomic E-state index is -1.27. The number of aliphatic carboxylic acids is 1. The second-order valence-electron chi connectivity index (χ2n) is 7.48. The Morgan fingerprint density at radius 1 is 1.06 bits per heavy atom. The Hall–Kier alpha value is -3.83. The normalized spacial score (nSPS) is 18.6. The highest BCUT2D eigenvalue weighted by atomic mass is 16.6. The van der Waals surface area contributed by atoms with E-state index in [4.69, 9.17) is 14.6 Å². The molecule has 2 amide bonds. The van der Waals surface area contributed by atoms with Crippen LogP contribution in [0.3, 0.4) is 0 Å². The van der Waals surface area contributed by atoms with Crippen LogP contribution in [0.2, 0.25) is 0 Å². The van der Waals surface area contributed by atoms with Crippen molar-refractivity contribution in [2.24, 2.45) is 0 Å². The van der Waals surface area contributed by atoms with E-state index < -0.39 is 30.1 Å². The molecule has 4 rings (SSSR count). The first kappa shape index (κ1) is 21.4. The predicted molar refractivity (Wildman–Crippen MR) is 115 cm³/mol. The number of fused-ring (bicyclic) bond motifs is 3. The molecular weight excluding hydrogens is 412 g/mol. The van der Waals surface area contributed by atoms with Crippen molar-refractivity contribution in [2.45, 2.75) is 24.5 Å². The number of hydrogen-bond donors (Lipinski definition) is 3. The molecule has 1 heterocycles. The van der Waals surface area contributed by atoms with Gasteiger partial charge in [0.25, 0.3) is 5.91 Å². The van der Waals surface area contributed by atoms with Gasteiger partial charge in [-0.1, -0.05) is 54.5 Å². The average Bonchev–Trinajstić information content (AvgIpc) is 3.37. The molecule has 1 fully saturated rings. The van der Waals surface area contributed by atoms with Crippen LogP contribution < -0.4 is 10.6 Å². The molecule has 3 N–H and O–H groups in total. The molecular formula is C24H22N2O6. The van der Waals surface area contributed by atoms with Crippen LogP contribution >= 0.6 is 0 Å². The Kier molecular flexibility index (Phi) is 6.38. The standard InChI is InChI=1S/C24H22N2O6/c27-21(28)10-5-12-25-23(29)22-20(11-13-31-22)26-24(30)32-14-19-17-8-3-1-6-15(17)16-7-2-4-9-18(16)19/h1-4,6-9,19-20,22H,11-14H2,(H,25,29)(H,26,30)(H,27,28). The summed E-state index contributed by atoms with van der Waals surface area (Å²) in [5, 5.41) is 13.7. The number of rotatable bonds is 5. The molecule has 2 atom stereocenters. The van der Waals surface area contributed by atoms with Crippen LogP contribution in [0.15, 0.2) is 48.5 Å². The van der Waals surface area contributed by atoms with Gasteiger partial charge in [-0.25, -0.2) is 9.59 Å². The number of nitrogens with one attached hydrogen (secondary N) is 2. The Morgan fingerprint density at radius 2 is 1.72 bits per heavy atom. The first-order valence-electron chi connectivity index (χ1n) is 10.3. The number of alkyl carbamates (subject to hydrolysis) is 1. The lowest BCUT2D eigenvalue weighted by molar-refractivity contribution is -0.131.